The molecule has 1 amide bonds. The summed E-state index contributed by atoms with van der Waals surface area (Å²) < 4.78 is 24.7. The number of amides is 1. The summed E-state index contributed by atoms with van der Waals surface area (Å²) in [5, 5.41) is 2.77. The van der Waals surface area contributed by atoms with E-state index in [0.717, 1.165) is 36.6 Å². The fourth-order valence-corrected chi connectivity index (χ4v) is 2.95. The molecule has 0 aliphatic rings. The second kappa shape index (κ2) is 8.90. The molecule has 0 radical (unpaired) electrons. The van der Waals surface area contributed by atoms with Crippen LogP contribution in [-0.2, 0) is 21.4 Å². The number of nitrogens with one attached hydrogen (secondary N) is 1. The number of carbonyl (C=O) groups excluding carboxylic acids is 1. The number of nitrogens with zero attached hydrogens (tertiary/aromatic N) is 1. The number of hydrogen-bond donors (Lipinski definition) is 1. The van der Waals surface area contributed by atoms with Gasteiger partial charge in [0.15, 0.2) is 0 Å². The Kier molecular flexibility index (Phi) is 7.55. The largest absolute Gasteiger partial charge is 0.351 e. The molecule has 0 unspecified atom stereocenters. The first-order valence-corrected chi connectivity index (χ1v) is 9.45. The molecule has 0 aromatic heterocycles. The average Bonchev–Trinajstić information content (AvgIpc) is 2.43. The van der Waals surface area contributed by atoms with E-state index >= 15 is 0 Å². The van der Waals surface area contributed by atoms with Gasteiger partial charge in [-0.15, -0.1) is 0 Å². The van der Waals surface area contributed by atoms with Gasteiger partial charge >= 0.3 is 0 Å². The summed E-state index contributed by atoms with van der Waals surface area (Å²) in [6, 6.07) is 7.85. The normalized spacial score (nSPS) is 11.6. The van der Waals surface area contributed by atoms with Gasteiger partial charge in [0.05, 0.1) is 12.8 Å². The van der Waals surface area contributed by atoms with Gasteiger partial charge in [0, 0.05) is 13.1 Å². The van der Waals surface area contributed by atoms with Crippen molar-refractivity contribution in [2.75, 3.05) is 19.3 Å². The molecule has 0 aliphatic carbocycles. The molecule has 1 aromatic rings. The summed E-state index contributed by atoms with van der Waals surface area (Å²) in [4.78, 5) is 12.0. The minimum Gasteiger partial charge on any atom is -0.351 e. The van der Waals surface area contributed by atoms with E-state index in [0.29, 0.717) is 13.1 Å². The van der Waals surface area contributed by atoms with Gasteiger partial charge in [0.1, 0.15) is 0 Å². The third-order valence-corrected chi connectivity index (χ3v) is 4.62. The Hall–Kier alpha value is -1.40. The van der Waals surface area contributed by atoms with Crippen LogP contribution in [0.2, 0.25) is 0 Å². The second-order valence-corrected chi connectivity index (χ2v) is 7.55. The predicted molar refractivity (Wildman–Crippen MR) is 89.0 cm³/mol. The summed E-state index contributed by atoms with van der Waals surface area (Å²) >= 11 is 0. The number of hydrogen-bond acceptors (Lipinski definition) is 3. The zero-order valence-electron chi connectivity index (χ0n) is 13.6. The number of rotatable bonds is 9. The lowest BCUT2D eigenvalue weighted by Gasteiger charge is -2.19. The molecular weight excluding hydrogens is 300 g/mol. The summed E-state index contributed by atoms with van der Waals surface area (Å²) in [5.74, 6) is -0.275. The Morgan fingerprint density at radius 1 is 1.27 bits per heavy atom. The number of aryl methyl sites for hydroxylation is 1. The lowest BCUT2D eigenvalue weighted by Crippen LogP contribution is -2.40. The van der Waals surface area contributed by atoms with E-state index in [1.165, 1.54) is 4.31 Å². The number of sulfonamides is 1. The summed E-state index contributed by atoms with van der Waals surface area (Å²) in [6.45, 7) is 4.73. The van der Waals surface area contributed by atoms with Gasteiger partial charge in [-0.2, -0.15) is 4.31 Å². The van der Waals surface area contributed by atoms with Gasteiger partial charge < -0.3 is 5.32 Å². The van der Waals surface area contributed by atoms with Crippen LogP contribution in [0.25, 0.3) is 0 Å². The standard InChI is InChI=1S/C16H26N2O3S/c1-4-5-6-10-18(22(3,20)21)13-16(19)17-12-15-9-7-8-14(2)11-15/h7-9,11H,4-6,10,12-13H2,1-3H3,(H,17,19). The van der Waals surface area contributed by atoms with Crippen molar-refractivity contribution in [1.82, 2.24) is 9.62 Å². The molecule has 0 saturated carbocycles. The van der Waals surface area contributed by atoms with E-state index in [2.05, 4.69) is 12.2 Å². The van der Waals surface area contributed by atoms with Crippen LogP contribution in [0.1, 0.15) is 37.3 Å². The van der Waals surface area contributed by atoms with Crippen molar-refractivity contribution in [2.24, 2.45) is 0 Å². The summed E-state index contributed by atoms with van der Waals surface area (Å²) in [5.41, 5.74) is 2.13. The molecule has 0 spiro atoms. The van der Waals surface area contributed by atoms with Gasteiger partial charge in [0.25, 0.3) is 0 Å². The lowest BCUT2D eigenvalue weighted by molar-refractivity contribution is -0.121. The van der Waals surface area contributed by atoms with E-state index in [1.807, 2.05) is 31.2 Å². The molecular formula is C16H26N2O3S. The molecule has 1 aromatic carbocycles. The second-order valence-electron chi connectivity index (χ2n) is 5.57. The van der Waals surface area contributed by atoms with E-state index in [9.17, 15) is 13.2 Å². The topological polar surface area (TPSA) is 66.5 Å². The molecule has 5 nitrogen and oxygen atoms in total. The highest BCUT2D eigenvalue weighted by molar-refractivity contribution is 7.88. The summed E-state index contributed by atoms with van der Waals surface area (Å²) in [7, 11) is -3.36. The van der Waals surface area contributed by atoms with Crippen molar-refractivity contribution in [2.45, 2.75) is 39.7 Å². The highest BCUT2D eigenvalue weighted by atomic mass is 32.2. The first-order valence-electron chi connectivity index (χ1n) is 7.60. The number of unbranched alkanes of at least 4 members (excludes halogenated alkanes) is 2. The van der Waals surface area contributed by atoms with Crippen LogP contribution in [0.15, 0.2) is 24.3 Å². The molecule has 1 N–H and O–H groups in total. The minimum absolute atomic E-state index is 0.117. The smallest absolute Gasteiger partial charge is 0.235 e. The van der Waals surface area contributed by atoms with E-state index in [1.54, 1.807) is 0 Å². The maximum absolute atomic E-state index is 12.0. The van der Waals surface area contributed by atoms with Crippen molar-refractivity contribution in [3.05, 3.63) is 35.4 Å². The van der Waals surface area contributed by atoms with Crippen LogP contribution in [0, 0.1) is 6.92 Å². The molecule has 0 saturated heterocycles. The van der Waals surface area contributed by atoms with E-state index < -0.39 is 10.0 Å². The molecule has 6 heteroatoms. The van der Waals surface area contributed by atoms with Crippen LogP contribution < -0.4 is 5.32 Å². The predicted octanol–water partition coefficient (Wildman–Crippen LogP) is 2.06. The van der Waals surface area contributed by atoms with Crippen molar-refractivity contribution >= 4 is 15.9 Å². The molecule has 0 bridgehead atoms. The molecule has 0 atom stereocenters. The van der Waals surface area contributed by atoms with Crippen LogP contribution in [-0.4, -0.2) is 38.0 Å². The van der Waals surface area contributed by atoms with Gasteiger partial charge in [-0.05, 0) is 18.9 Å². The number of carbonyl (C=O) groups is 1. The third kappa shape index (κ3) is 7.04. The van der Waals surface area contributed by atoms with Crippen LogP contribution in [0.4, 0.5) is 0 Å². The molecule has 0 fully saturated rings. The molecule has 0 heterocycles. The highest BCUT2D eigenvalue weighted by Crippen LogP contribution is 2.05. The fourth-order valence-electron chi connectivity index (χ4n) is 2.14. The lowest BCUT2D eigenvalue weighted by atomic mass is 10.1. The zero-order chi connectivity index (χ0) is 16.6. The molecule has 124 valence electrons. The van der Waals surface area contributed by atoms with Crippen molar-refractivity contribution in [1.29, 1.82) is 0 Å². The van der Waals surface area contributed by atoms with Gasteiger partial charge in [0.2, 0.25) is 15.9 Å². The number of benzene rings is 1. The highest BCUT2D eigenvalue weighted by Gasteiger charge is 2.19. The van der Waals surface area contributed by atoms with Crippen molar-refractivity contribution in [3.8, 4) is 0 Å². The zero-order valence-corrected chi connectivity index (χ0v) is 14.4. The van der Waals surface area contributed by atoms with Gasteiger partial charge in [-0.3, -0.25) is 4.79 Å². The van der Waals surface area contributed by atoms with Crippen molar-refractivity contribution in [3.63, 3.8) is 0 Å². The van der Waals surface area contributed by atoms with Crippen LogP contribution in [0.5, 0.6) is 0 Å². The fraction of sp³-hybridized carbons (Fsp3) is 0.562. The molecule has 1 rings (SSSR count). The Balaban J connectivity index is 2.52. The Morgan fingerprint density at radius 2 is 2.00 bits per heavy atom. The average molecular weight is 326 g/mol. The van der Waals surface area contributed by atoms with Crippen LogP contribution in [0.3, 0.4) is 0 Å². The SMILES string of the molecule is CCCCCN(CC(=O)NCc1cccc(C)c1)S(C)(=O)=O. The van der Waals surface area contributed by atoms with Crippen LogP contribution >= 0.6 is 0 Å². The first kappa shape index (κ1) is 18.6. The first-order chi connectivity index (χ1) is 10.3. The maximum atomic E-state index is 12.0. The van der Waals surface area contributed by atoms with E-state index in [4.69, 9.17) is 0 Å². The quantitative estimate of drug-likeness (QED) is 0.706. The van der Waals surface area contributed by atoms with Crippen molar-refractivity contribution < 1.29 is 13.2 Å². The van der Waals surface area contributed by atoms with E-state index in [-0.39, 0.29) is 12.5 Å². The minimum atomic E-state index is -3.36. The third-order valence-electron chi connectivity index (χ3n) is 3.37. The Morgan fingerprint density at radius 3 is 2.59 bits per heavy atom. The summed E-state index contributed by atoms with van der Waals surface area (Å²) in [6.07, 6.45) is 3.88. The Bertz CT molecular complexity index is 585. The monoisotopic (exact) mass is 326 g/mol. The molecule has 22 heavy (non-hydrogen) atoms. The molecule has 0 aliphatic heterocycles. The van der Waals surface area contributed by atoms with Gasteiger partial charge in [-0.25, -0.2) is 8.42 Å². The maximum Gasteiger partial charge on any atom is 0.235 e. The Labute approximate surface area is 133 Å². The van der Waals surface area contributed by atoms with Gasteiger partial charge in [-0.1, -0.05) is 49.6 Å².